The molecule has 1 amide bonds. The lowest BCUT2D eigenvalue weighted by Gasteiger charge is -2.11. The molecular formula is C27H24N6O3S. The molecule has 0 bridgehead atoms. The first-order valence-corrected chi connectivity index (χ1v) is 12.3. The number of thiazole rings is 1. The van der Waals surface area contributed by atoms with Crippen LogP contribution in [-0.4, -0.2) is 39.6 Å². The molecule has 37 heavy (non-hydrogen) atoms. The van der Waals surface area contributed by atoms with Gasteiger partial charge in [0.2, 0.25) is 5.91 Å². The van der Waals surface area contributed by atoms with Crippen LogP contribution in [0.2, 0.25) is 0 Å². The van der Waals surface area contributed by atoms with Crippen molar-refractivity contribution in [1.82, 2.24) is 19.9 Å². The van der Waals surface area contributed by atoms with Gasteiger partial charge in [0.25, 0.3) is 0 Å². The fraction of sp³-hybridized carbons (Fsp3) is 0.148. The topological polar surface area (TPSA) is 111 Å². The van der Waals surface area contributed by atoms with Gasteiger partial charge in [-0.3, -0.25) is 9.78 Å². The average Bonchev–Trinajstić information content (AvgIpc) is 3.33. The van der Waals surface area contributed by atoms with Gasteiger partial charge in [-0.2, -0.15) is 0 Å². The lowest BCUT2D eigenvalue weighted by molar-refractivity contribution is -0.119. The molecular weight excluding hydrogens is 488 g/mol. The zero-order valence-corrected chi connectivity index (χ0v) is 21.3. The third kappa shape index (κ3) is 5.71. The molecule has 2 aromatic carbocycles. The Labute approximate surface area is 217 Å². The van der Waals surface area contributed by atoms with Crippen molar-refractivity contribution in [3.63, 3.8) is 0 Å². The number of methoxy groups -OCH3 is 1. The van der Waals surface area contributed by atoms with Gasteiger partial charge in [-0.05, 0) is 61.9 Å². The minimum Gasteiger partial charge on any atom is -0.455 e. The molecule has 10 heteroatoms. The van der Waals surface area contributed by atoms with Gasteiger partial charge in [0.05, 0.1) is 6.20 Å². The van der Waals surface area contributed by atoms with Gasteiger partial charge in [0.1, 0.15) is 39.8 Å². The lowest BCUT2D eigenvalue weighted by atomic mass is 10.2. The van der Waals surface area contributed by atoms with Gasteiger partial charge in [0.15, 0.2) is 5.82 Å². The fourth-order valence-corrected chi connectivity index (χ4v) is 4.55. The molecule has 9 nitrogen and oxygen atoms in total. The summed E-state index contributed by atoms with van der Waals surface area (Å²) in [6, 6.07) is 17.1. The molecule has 5 aromatic rings. The van der Waals surface area contributed by atoms with Crippen LogP contribution in [0.15, 0.2) is 67.1 Å². The predicted octanol–water partition coefficient (Wildman–Crippen LogP) is 5.89. The number of pyridine rings is 1. The van der Waals surface area contributed by atoms with Crippen LogP contribution in [0.4, 0.5) is 17.2 Å². The molecule has 186 valence electrons. The third-order valence-electron chi connectivity index (χ3n) is 5.41. The number of ether oxygens (including phenoxy) is 2. The number of aryl methyl sites for hydroxylation is 2. The molecule has 0 atom stereocenters. The van der Waals surface area contributed by atoms with E-state index in [-0.39, 0.29) is 12.5 Å². The number of anilines is 3. The fourth-order valence-electron chi connectivity index (χ4n) is 3.65. The minimum absolute atomic E-state index is 0.00821. The molecule has 0 saturated heterocycles. The van der Waals surface area contributed by atoms with Crippen LogP contribution >= 0.6 is 11.3 Å². The van der Waals surface area contributed by atoms with E-state index in [2.05, 4.69) is 25.6 Å². The second-order valence-electron chi connectivity index (χ2n) is 8.30. The Balaban J connectivity index is 1.37. The Morgan fingerprint density at radius 3 is 2.68 bits per heavy atom. The zero-order valence-electron chi connectivity index (χ0n) is 20.5. The number of carbonyl (C=O) groups is 1. The number of fused-ring (bicyclic) bond motifs is 1. The number of nitrogens with zero attached hydrogens (tertiary/aromatic N) is 4. The van der Waals surface area contributed by atoms with Gasteiger partial charge < -0.3 is 20.1 Å². The van der Waals surface area contributed by atoms with Crippen LogP contribution in [0.3, 0.4) is 0 Å². The summed E-state index contributed by atoms with van der Waals surface area (Å²) < 4.78 is 10.9. The number of hydrogen-bond acceptors (Lipinski definition) is 9. The molecule has 3 aromatic heterocycles. The van der Waals surface area contributed by atoms with Gasteiger partial charge in [0, 0.05) is 29.7 Å². The third-order valence-corrected chi connectivity index (χ3v) is 6.43. The van der Waals surface area contributed by atoms with Crippen molar-refractivity contribution >= 4 is 44.8 Å². The van der Waals surface area contributed by atoms with Crippen LogP contribution in [-0.2, 0) is 9.53 Å². The van der Waals surface area contributed by atoms with Crippen molar-refractivity contribution in [2.24, 2.45) is 0 Å². The van der Waals surface area contributed by atoms with Crippen molar-refractivity contribution in [2.45, 2.75) is 13.8 Å². The molecule has 0 radical (unpaired) electrons. The Morgan fingerprint density at radius 2 is 1.89 bits per heavy atom. The van der Waals surface area contributed by atoms with Gasteiger partial charge >= 0.3 is 0 Å². The van der Waals surface area contributed by atoms with Crippen LogP contribution in [0.25, 0.3) is 20.9 Å². The molecule has 2 N–H and O–H groups in total. The van der Waals surface area contributed by atoms with Crippen molar-refractivity contribution in [3.8, 4) is 22.1 Å². The average molecular weight is 513 g/mol. The van der Waals surface area contributed by atoms with E-state index < -0.39 is 0 Å². The Hall–Kier alpha value is -4.41. The molecule has 0 fully saturated rings. The molecule has 3 heterocycles. The first-order valence-electron chi connectivity index (χ1n) is 11.5. The van der Waals surface area contributed by atoms with Crippen LogP contribution < -0.4 is 15.4 Å². The summed E-state index contributed by atoms with van der Waals surface area (Å²) in [4.78, 5) is 30.5. The molecule has 0 aliphatic rings. The van der Waals surface area contributed by atoms with E-state index in [4.69, 9.17) is 14.5 Å². The van der Waals surface area contributed by atoms with Crippen molar-refractivity contribution in [2.75, 3.05) is 24.4 Å². The molecule has 0 aliphatic carbocycles. The first kappa shape index (κ1) is 24.3. The van der Waals surface area contributed by atoms with Crippen LogP contribution in [0.1, 0.15) is 11.3 Å². The van der Waals surface area contributed by atoms with E-state index in [1.165, 1.54) is 24.8 Å². The van der Waals surface area contributed by atoms with E-state index in [0.717, 1.165) is 38.1 Å². The predicted molar refractivity (Wildman–Crippen MR) is 145 cm³/mol. The minimum atomic E-state index is -0.219. The van der Waals surface area contributed by atoms with E-state index in [9.17, 15) is 4.79 Å². The molecule has 0 unspecified atom stereocenters. The standard InChI is InChI=1S/C27H24N6O3S/c1-16-11-20(8-10-22(16)36-21-9-7-17(2)28-13-21)32-25-24-27(30-15-29-25)37-26(33-24)18-5-4-6-19(12-18)31-23(34)14-35-3/h4-13,15H,14H2,1-3H3,(H,31,34)(H,29,30,32). The largest absolute Gasteiger partial charge is 0.455 e. The second kappa shape index (κ2) is 10.7. The number of hydrogen-bond donors (Lipinski definition) is 2. The first-order chi connectivity index (χ1) is 18.0. The Bertz CT molecular complexity index is 1570. The summed E-state index contributed by atoms with van der Waals surface area (Å²) in [5.41, 5.74) is 4.95. The van der Waals surface area contributed by atoms with E-state index in [0.29, 0.717) is 22.8 Å². The quantitative estimate of drug-likeness (QED) is 0.265. The highest BCUT2D eigenvalue weighted by molar-refractivity contribution is 7.21. The highest BCUT2D eigenvalue weighted by Gasteiger charge is 2.14. The molecule has 0 aliphatic heterocycles. The van der Waals surface area contributed by atoms with Gasteiger partial charge in [-0.1, -0.05) is 23.5 Å². The van der Waals surface area contributed by atoms with Crippen molar-refractivity contribution in [3.05, 3.63) is 78.4 Å². The van der Waals surface area contributed by atoms with Crippen LogP contribution in [0.5, 0.6) is 11.5 Å². The highest BCUT2D eigenvalue weighted by atomic mass is 32.1. The maximum atomic E-state index is 11.9. The molecule has 0 spiro atoms. The summed E-state index contributed by atoms with van der Waals surface area (Å²) in [7, 11) is 1.48. The van der Waals surface area contributed by atoms with Crippen LogP contribution in [0, 0.1) is 13.8 Å². The Kier molecular flexibility index (Phi) is 7.02. The van der Waals surface area contributed by atoms with E-state index in [1.54, 1.807) is 6.20 Å². The monoisotopic (exact) mass is 512 g/mol. The lowest BCUT2D eigenvalue weighted by Crippen LogP contribution is -2.16. The van der Waals surface area contributed by atoms with Crippen molar-refractivity contribution in [1.29, 1.82) is 0 Å². The number of benzene rings is 2. The van der Waals surface area contributed by atoms with E-state index in [1.807, 2.05) is 68.4 Å². The summed E-state index contributed by atoms with van der Waals surface area (Å²) in [6.45, 7) is 3.91. The second-order valence-corrected chi connectivity index (χ2v) is 9.28. The van der Waals surface area contributed by atoms with Crippen molar-refractivity contribution < 1.29 is 14.3 Å². The van der Waals surface area contributed by atoms with Gasteiger partial charge in [-0.15, -0.1) is 0 Å². The maximum Gasteiger partial charge on any atom is 0.250 e. The number of aromatic nitrogens is 4. The maximum absolute atomic E-state index is 11.9. The number of rotatable bonds is 8. The summed E-state index contributed by atoms with van der Waals surface area (Å²) in [5, 5.41) is 6.95. The smallest absolute Gasteiger partial charge is 0.250 e. The number of carbonyl (C=O) groups excluding carboxylic acids is 1. The Morgan fingerprint density at radius 1 is 1.00 bits per heavy atom. The highest BCUT2D eigenvalue weighted by Crippen LogP contribution is 2.34. The SMILES string of the molecule is COCC(=O)Nc1cccc(-c2nc3c(Nc4ccc(Oc5ccc(C)nc5)c(C)c4)ncnc3s2)c1. The molecule has 0 saturated carbocycles. The van der Waals surface area contributed by atoms with Gasteiger partial charge in [-0.25, -0.2) is 15.0 Å². The zero-order chi connectivity index (χ0) is 25.8. The summed E-state index contributed by atoms with van der Waals surface area (Å²) >= 11 is 1.46. The molecule has 5 rings (SSSR count). The number of amides is 1. The normalized spacial score (nSPS) is 10.9. The summed E-state index contributed by atoms with van der Waals surface area (Å²) in [5.74, 6) is 1.82. The number of nitrogens with one attached hydrogen (secondary N) is 2. The summed E-state index contributed by atoms with van der Waals surface area (Å²) in [6.07, 6.45) is 3.23. The van der Waals surface area contributed by atoms with E-state index >= 15 is 0 Å².